The summed E-state index contributed by atoms with van der Waals surface area (Å²) in [6.07, 6.45) is 6.27. The predicted octanol–water partition coefficient (Wildman–Crippen LogP) is 4.75. The van der Waals surface area contributed by atoms with Crippen molar-refractivity contribution in [2.45, 2.75) is 45.2 Å². The lowest BCUT2D eigenvalue weighted by molar-refractivity contribution is -0.223. The van der Waals surface area contributed by atoms with Gasteiger partial charge in [0.1, 0.15) is 11.6 Å². The van der Waals surface area contributed by atoms with Crippen molar-refractivity contribution in [3.63, 3.8) is 0 Å². The summed E-state index contributed by atoms with van der Waals surface area (Å²) in [7, 11) is 0. The topological polar surface area (TPSA) is 50.5 Å². The summed E-state index contributed by atoms with van der Waals surface area (Å²) >= 11 is 0. The highest BCUT2D eigenvalue weighted by molar-refractivity contribution is 5.88. The number of nitrogens with zero attached hydrogens (tertiary/aromatic N) is 4. The van der Waals surface area contributed by atoms with Gasteiger partial charge in [-0.1, -0.05) is 11.6 Å². The Kier molecular flexibility index (Phi) is 3.74. The summed E-state index contributed by atoms with van der Waals surface area (Å²) in [5.41, 5.74) is 2.16. The average Bonchev–Trinajstić information content (AvgIpc) is 3.31. The molecular formula is C24H22F2N4O. The number of hydrogen-bond donors (Lipinski definition) is 0. The number of carbonyl (C=O) groups excluding carboxylic acids is 1. The Morgan fingerprint density at radius 1 is 1.16 bits per heavy atom. The van der Waals surface area contributed by atoms with Gasteiger partial charge < -0.3 is 0 Å². The van der Waals surface area contributed by atoms with Gasteiger partial charge in [-0.25, -0.2) is 13.8 Å². The number of amides is 1. The summed E-state index contributed by atoms with van der Waals surface area (Å²) in [6.45, 7) is 2.86. The van der Waals surface area contributed by atoms with Crippen molar-refractivity contribution in [2.75, 3.05) is 0 Å². The van der Waals surface area contributed by atoms with Crippen LogP contribution in [-0.2, 0) is 11.3 Å². The van der Waals surface area contributed by atoms with Crippen molar-refractivity contribution in [3.8, 4) is 0 Å². The van der Waals surface area contributed by atoms with Crippen molar-refractivity contribution in [3.05, 3.63) is 65.4 Å². The molecule has 7 heteroatoms. The minimum atomic E-state index is -0.577. The molecule has 5 nitrogen and oxygen atoms in total. The summed E-state index contributed by atoms with van der Waals surface area (Å²) in [6, 6.07) is 9.10. The van der Waals surface area contributed by atoms with Crippen molar-refractivity contribution < 1.29 is 13.6 Å². The summed E-state index contributed by atoms with van der Waals surface area (Å²) < 4.78 is 30.1. The molecule has 1 atom stereocenters. The van der Waals surface area contributed by atoms with Crippen molar-refractivity contribution >= 4 is 23.0 Å². The highest BCUT2D eigenvalue weighted by Crippen LogP contribution is 2.74. The van der Waals surface area contributed by atoms with E-state index in [9.17, 15) is 13.6 Å². The van der Waals surface area contributed by atoms with Crippen LogP contribution in [0.5, 0.6) is 0 Å². The lowest BCUT2D eigenvalue weighted by Crippen LogP contribution is -2.68. The van der Waals surface area contributed by atoms with Gasteiger partial charge in [-0.15, -0.1) is 0 Å². The van der Waals surface area contributed by atoms with Gasteiger partial charge in [0.15, 0.2) is 0 Å². The van der Waals surface area contributed by atoms with E-state index in [1.807, 2.05) is 10.9 Å². The Balaban J connectivity index is 1.18. The molecule has 2 heterocycles. The Hall–Kier alpha value is -3.09. The summed E-state index contributed by atoms with van der Waals surface area (Å²) in [5.74, 6) is -1.09. The van der Waals surface area contributed by atoms with Crippen LogP contribution in [-0.4, -0.2) is 26.9 Å². The lowest BCUT2D eigenvalue weighted by atomic mass is 9.34. The van der Waals surface area contributed by atoms with E-state index >= 15 is 0 Å². The molecule has 0 N–H and O–H groups in total. The number of aromatic nitrogens is 2. The molecule has 1 unspecified atom stereocenters. The van der Waals surface area contributed by atoms with E-state index < -0.39 is 23.1 Å². The second kappa shape index (κ2) is 6.22. The second-order valence-electron chi connectivity index (χ2n) is 9.54. The molecule has 1 aromatic heterocycles. The third-order valence-electron chi connectivity index (χ3n) is 7.23. The fourth-order valence-electron chi connectivity index (χ4n) is 5.92. The minimum absolute atomic E-state index is 0.0715. The molecule has 7 rings (SSSR count). The molecule has 3 aromatic rings. The van der Waals surface area contributed by atoms with E-state index in [2.05, 4.69) is 35.3 Å². The largest absolute Gasteiger partial charge is 0.272 e. The Morgan fingerprint density at radius 2 is 1.97 bits per heavy atom. The molecule has 3 saturated carbocycles. The van der Waals surface area contributed by atoms with Crippen LogP contribution < -0.4 is 0 Å². The molecule has 1 aliphatic heterocycles. The molecule has 0 spiro atoms. The first kappa shape index (κ1) is 18.7. The third-order valence-corrected chi connectivity index (χ3v) is 7.23. The van der Waals surface area contributed by atoms with Crippen LogP contribution in [0.4, 0.5) is 8.78 Å². The first-order valence-corrected chi connectivity index (χ1v) is 10.6. The number of benzene rings is 2. The molecule has 31 heavy (non-hydrogen) atoms. The van der Waals surface area contributed by atoms with Crippen LogP contribution in [0.25, 0.3) is 10.9 Å². The molecule has 2 aromatic carbocycles. The van der Waals surface area contributed by atoms with Crippen LogP contribution in [0.2, 0.25) is 0 Å². The zero-order valence-electron chi connectivity index (χ0n) is 17.2. The maximum absolute atomic E-state index is 14.3. The lowest BCUT2D eigenvalue weighted by Gasteiger charge is -2.69. The standard InChI is InChI=1S/C24H22F2N4O/c1-15-2-5-20-16(8-15)10-28-29(20)14-23-11-24(12-23,13-23)22(31)30-21(6-7-27-30)18-9-17(25)3-4-19(18)26/h2-5,7-10,21H,6,11-14H2,1H3. The number of fused-ring (bicyclic) bond motifs is 1. The number of halogens is 2. The Labute approximate surface area is 178 Å². The normalized spacial score (nSPS) is 28.6. The van der Waals surface area contributed by atoms with Crippen molar-refractivity contribution in [1.29, 1.82) is 0 Å². The third kappa shape index (κ3) is 2.68. The smallest absolute Gasteiger partial charge is 0.249 e. The van der Waals surface area contributed by atoms with Crippen molar-refractivity contribution in [2.24, 2.45) is 15.9 Å². The molecule has 158 valence electrons. The first-order chi connectivity index (χ1) is 14.9. The Bertz CT molecular complexity index is 1240. The Morgan fingerprint density at radius 3 is 2.77 bits per heavy atom. The van der Waals surface area contributed by atoms with Crippen LogP contribution in [0.3, 0.4) is 0 Å². The van der Waals surface area contributed by atoms with E-state index in [0.29, 0.717) is 6.42 Å². The van der Waals surface area contributed by atoms with Crippen LogP contribution in [0.15, 0.2) is 47.7 Å². The van der Waals surface area contributed by atoms with Gasteiger partial charge in [0, 0.05) is 30.1 Å². The molecule has 3 fully saturated rings. The number of rotatable bonds is 4. The van der Waals surface area contributed by atoms with E-state index in [4.69, 9.17) is 0 Å². The van der Waals surface area contributed by atoms with Crippen LogP contribution in [0.1, 0.15) is 42.9 Å². The average molecular weight is 420 g/mol. The van der Waals surface area contributed by atoms with Crippen LogP contribution >= 0.6 is 0 Å². The maximum atomic E-state index is 14.3. The van der Waals surface area contributed by atoms with Gasteiger partial charge in [-0.05, 0) is 61.9 Å². The monoisotopic (exact) mass is 420 g/mol. The van der Waals surface area contributed by atoms with E-state index in [-0.39, 0.29) is 16.9 Å². The van der Waals surface area contributed by atoms with Gasteiger partial charge >= 0.3 is 0 Å². The molecular weight excluding hydrogens is 398 g/mol. The maximum Gasteiger partial charge on any atom is 0.249 e. The number of aryl methyl sites for hydroxylation is 1. The van der Waals surface area contributed by atoms with Gasteiger partial charge in [-0.3, -0.25) is 9.48 Å². The minimum Gasteiger partial charge on any atom is -0.272 e. The summed E-state index contributed by atoms with van der Waals surface area (Å²) in [5, 5.41) is 11.3. The highest BCUT2D eigenvalue weighted by Gasteiger charge is 2.72. The predicted molar refractivity (Wildman–Crippen MR) is 112 cm³/mol. The van der Waals surface area contributed by atoms with Gasteiger partial charge in [-0.2, -0.15) is 10.2 Å². The zero-order valence-corrected chi connectivity index (χ0v) is 17.2. The molecule has 2 bridgehead atoms. The van der Waals surface area contributed by atoms with E-state index in [1.165, 1.54) is 16.6 Å². The van der Waals surface area contributed by atoms with Gasteiger partial charge in [0.25, 0.3) is 0 Å². The van der Waals surface area contributed by atoms with Gasteiger partial charge in [0.05, 0.1) is 23.2 Å². The van der Waals surface area contributed by atoms with E-state index in [0.717, 1.165) is 48.8 Å². The number of hydrogen-bond acceptors (Lipinski definition) is 3. The molecule has 0 radical (unpaired) electrons. The molecule has 4 aliphatic rings. The molecule has 1 amide bonds. The van der Waals surface area contributed by atoms with Crippen LogP contribution in [0, 0.1) is 29.4 Å². The SMILES string of the molecule is Cc1ccc2c(cnn2CC23CC(C(=O)N4N=CCC4c4cc(F)ccc4F)(C2)C3)c1. The quantitative estimate of drug-likeness (QED) is 0.612. The van der Waals surface area contributed by atoms with Gasteiger partial charge in [0.2, 0.25) is 5.91 Å². The number of hydrazone groups is 1. The molecule has 0 saturated heterocycles. The van der Waals surface area contributed by atoms with Crippen molar-refractivity contribution in [1.82, 2.24) is 14.8 Å². The zero-order chi connectivity index (χ0) is 21.4. The summed E-state index contributed by atoms with van der Waals surface area (Å²) in [4.78, 5) is 13.3. The van der Waals surface area contributed by atoms with E-state index in [1.54, 1.807) is 6.21 Å². The second-order valence-corrected chi connectivity index (χ2v) is 9.54. The fraction of sp³-hybridized carbons (Fsp3) is 0.375. The molecule has 3 aliphatic carbocycles. The first-order valence-electron chi connectivity index (χ1n) is 10.6. The highest BCUT2D eigenvalue weighted by atomic mass is 19.1. The fourth-order valence-corrected chi connectivity index (χ4v) is 5.92. The number of carbonyl (C=O) groups is 1.